The van der Waals surface area contributed by atoms with Gasteiger partial charge < -0.3 is 10.2 Å². The summed E-state index contributed by atoms with van der Waals surface area (Å²) in [5.41, 5.74) is 0. The molecule has 0 aliphatic carbocycles. The zero-order valence-corrected chi connectivity index (χ0v) is 6.21. The summed E-state index contributed by atoms with van der Waals surface area (Å²) >= 11 is 0. The molecule has 0 fully saturated rings. The summed E-state index contributed by atoms with van der Waals surface area (Å²) in [7, 11) is 0. The van der Waals surface area contributed by atoms with Crippen molar-refractivity contribution in [2.75, 3.05) is 0 Å². The second-order valence-electron chi connectivity index (χ2n) is 2.30. The normalized spacial score (nSPS) is 10.4. The number of rotatable bonds is 5. The van der Waals surface area contributed by atoms with E-state index in [1.165, 1.54) is 0 Å². The minimum absolute atomic E-state index is 0.283. The first-order chi connectivity index (χ1) is 4.68. The molecule has 0 aromatic carbocycles. The highest BCUT2D eigenvalue weighted by Gasteiger charge is 2.08. The van der Waals surface area contributed by atoms with Crippen molar-refractivity contribution >= 4 is 5.78 Å². The van der Waals surface area contributed by atoms with E-state index in [0.29, 0.717) is 0 Å². The van der Waals surface area contributed by atoms with Gasteiger partial charge in [0.2, 0.25) is 6.29 Å². The van der Waals surface area contributed by atoms with E-state index in [2.05, 4.69) is 0 Å². The first-order valence-corrected chi connectivity index (χ1v) is 3.57. The zero-order valence-electron chi connectivity index (χ0n) is 6.21. The fourth-order valence-corrected chi connectivity index (χ4v) is 0.678. The molecule has 0 aromatic heterocycles. The van der Waals surface area contributed by atoms with Gasteiger partial charge in [0.05, 0.1) is 0 Å². The lowest BCUT2D eigenvalue weighted by molar-refractivity contribution is -0.145. The number of ketones is 1. The Morgan fingerprint density at radius 3 is 2.40 bits per heavy atom. The molecule has 3 nitrogen and oxygen atoms in total. The van der Waals surface area contributed by atoms with Crippen LogP contribution in [-0.4, -0.2) is 22.3 Å². The van der Waals surface area contributed by atoms with E-state index in [4.69, 9.17) is 10.2 Å². The summed E-state index contributed by atoms with van der Waals surface area (Å²) in [4.78, 5) is 10.5. The second kappa shape index (κ2) is 5.38. The molecule has 0 heterocycles. The monoisotopic (exact) mass is 146 g/mol. The molecule has 0 atom stereocenters. The largest absolute Gasteiger partial charge is 0.362 e. The molecule has 60 valence electrons. The molecule has 10 heavy (non-hydrogen) atoms. The van der Waals surface area contributed by atoms with Gasteiger partial charge in [0.25, 0.3) is 0 Å². The van der Waals surface area contributed by atoms with Gasteiger partial charge in [-0.15, -0.1) is 0 Å². The Labute approximate surface area is 60.7 Å². The van der Waals surface area contributed by atoms with E-state index in [1.54, 1.807) is 0 Å². The molecule has 0 aromatic rings. The van der Waals surface area contributed by atoms with Crippen LogP contribution in [-0.2, 0) is 4.79 Å². The molecule has 0 saturated heterocycles. The maximum atomic E-state index is 10.5. The van der Waals surface area contributed by atoms with Crippen molar-refractivity contribution in [3.8, 4) is 0 Å². The smallest absolute Gasteiger partial charge is 0.212 e. The van der Waals surface area contributed by atoms with Gasteiger partial charge in [-0.05, 0) is 6.42 Å². The van der Waals surface area contributed by atoms with Gasteiger partial charge in [-0.1, -0.05) is 19.8 Å². The van der Waals surface area contributed by atoms with E-state index in [9.17, 15) is 4.79 Å². The molecule has 0 saturated carbocycles. The first kappa shape index (κ1) is 9.59. The summed E-state index contributed by atoms with van der Waals surface area (Å²) in [6, 6.07) is 0. The van der Waals surface area contributed by atoms with Crippen molar-refractivity contribution in [1.29, 1.82) is 0 Å². The summed E-state index contributed by atoms with van der Waals surface area (Å²) < 4.78 is 0. The van der Waals surface area contributed by atoms with Gasteiger partial charge in [0.1, 0.15) is 0 Å². The molecule has 0 unspecified atom stereocenters. The molecule has 0 radical (unpaired) electrons. The van der Waals surface area contributed by atoms with Crippen LogP contribution in [0.1, 0.15) is 32.6 Å². The van der Waals surface area contributed by atoms with Crippen molar-refractivity contribution in [1.82, 2.24) is 0 Å². The lowest BCUT2D eigenvalue weighted by Gasteiger charge is -2.00. The van der Waals surface area contributed by atoms with Crippen LogP contribution in [0.4, 0.5) is 0 Å². The summed E-state index contributed by atoms with van der Waals surface area (Å²) in [5, 5.41) is 16.7. The van der Waals surface area contributed by atoms with Crippen molar-refractivity contribution in [3.05, 3.63) is 0 Å². The van der Waals surface area contributed by atoms with Crippen molar-refractivity contribution in [2.45, 2.75) is 38.9 Å². The quantitative estimate of drug-likeness (QED) is 0.437. The topological polar surface area (TPSA) is 57.5 Å². The highest BCUT2D eigenvalue weighted by Crippen LogP contribution is 2.00. The standard InChI is InChI=1S/C7H14O3/c1-2-3-4-5-6(8)7(9)10/h7,9-10H,2-5H2,1H3. The van der Waals surface area contributed by atoms with Crippen molar-refractivity contribution < 1.29 is 15.0 Å². The Balaban J connectivity index is 3.22. The SMILES string of the molecule is CCCCCC(=O)C(O)O. The number of hydrogen-bond acceptors (Lipinski definition) is 3. The van der Waals surface area contributed by atoms with Crippen LogP contribution in [0.15, 0.2) is 0 Å². The highest BCUT2D eigenvalue weighted by molar-refractivity contribution is 5.81. The third-order valence-corrected chi connectivity index (χ3v) is 1.31. The van der Waals surface area contributed by atoms with Crippen LogP contribution in [0.3, 0.4) is 0 Å². The minimum Gasteiger partial charge on any atom is -0.362 e. The molecule has 0 aliphatic heterocycles. The van der Waals surface area contributed by atoms with Crippen LogP contribution in [0.5, 0.6) is 0 Å². The summed E-state index contributed by atoms with van der Waals surface area (Å²) in [5.74, 6) is -0.478. The van der Waals surface area contributed by atoms with Crippen LogP contribution in [0.25, 0.3) is 0 Å². The molecule has 0 spiro atoms. The number of hydrogen-bond donors (Lipinski definition) is 2. The number of carbonyl (C=O) groups excluding carboxylic acids is 1. The maximum Gasteiger partial charge on any atom is 0.212 e. The van der Waals surface area contributed by atoms with Crippen LogP contribution >= 0.6 is 0 Å². The average molecular weight is 146 g/mol. The molecule has 2 N–H and O–H groups in total. The number of Topliss-reactive ketones (excluding diaryl/α,β-unsaturated/α-hetero) is 1. The fourth-order valence-electron chi connectivity index (χ4n) is 0.678. The number of aliphatic hydroxyl groups is 2. The van der Waals surface area contributed by atoms with E-state index in [1.807, 2.05) is 6.92 Å². The van der Waals surface area contributed by atoms with E-state index >= 15 is 0 Å². The predicted octanol–water partition coefficient (Wildman–Crippen LogP) is 0.446. The predicted molar refractivity (Wildman–Crippen MR) is 37.4 cm³/mol. The third kappa shape index (κ3) is 4.47. The van der Waals surface area contributed by atoms with Crippen LogP contribution in [0, 0.1) is 0 Å². The van der Waals surface area contributed by atoms with Crippen molar-refractivity contribution in [3.63, 3.8) is 0 Å². The third-order valence-electron chi connectivity index (χ3n) is 1.31. The van der Waals surface area contributed by atoms with Crippen LogP contribution < -0.4 is 0 Å². The lowest BCUT2D eigenvalue weighted by atomic mass is 10.1. The molecule has 0 aliphatic rings. The van der Waals surface area contributed by atoms with Crippen LogP contribution in [0.2, 0.25) is 0 Å². The van der Waals surface area contributed by atoms with E-state index in [-0.39, 0.29) is 6.42 Å². The van der Waals surface area contributed by atoms with E-state index < -0.39 is 12.1 Å². The zero-order chi connectivity index (χ0) is 7.98. The van der Waals surface area contributed by atoms with Gasteiger partial charge in [0, 0.05) is 6.42 Å². The number of unbranched alkanes of at least 4 members (excludes halogenated alkanes) is 2. The van der Waals surface area contributed by atoms with E-state index in [0.717, 1.165) is 19.3 Å². The Morgan fingerprint density at radius 2 is 2.00 bits per heavy atom. The molecule has 0 amide bonds. The van der Waals surface area contributed by atoms with Gasteiger partial charge in [-0.2, -0.15) is 0 Å². The Bertz CT molecular complexity index is 99.0. The molecular weight excluding hydrogens is 132 g/mol. The molecular formula is C7H14O3. The Hall–Kier alpha value is -0.410. The lowest BCUT2D eigenvalue weighted by Crippen LogP contribution is -2.18. The maximum absolute atomic E-state index is 10.5. The number of aliphatic hydroxyl groups excluding tert-OH is 1. The molecule has 0 rings (SSSR count). The summed E-state index contributed by atoms with van der Waals surface area (Å²) in [6.07, 6.45) is 1.28. The second-order valence-corrected chi connectivity index (χ2v) is 2.30. The molecule has 3 heteroatoms. The highest BCUT2D eigenvalue weighted by atomic mass is 16.5. The Morgan fingerprint density at radius 1 is 1.40 bits per heavy atom. The number of carbonyl (C=O) groups is 1. The van der Waals surface area contributed by atoms with Crippen molar-refractivity contribution in [2.24, 2.45) is 0 Å². The Kier molecular flexibility index (Phi) is 5.16. The molecule has 0 bridgehead atoms. The van der Waals surface area contributed by atoms with Gasteiger partial charge >= 0.3 is 0 Å². The minimum atomic E-state index is -1.77. The van der Waals surface area contributed by atoms with Gasteiger partial charge in [-0.25, -0.2) is 0 Å². The fraction of sp³-hybridized carbons (Fsp3) is 0.857. The van der Waals surface area contributed by atoms with Gasteiger partial charge in [-0.3, -0.25) is 4.79 Å². The van der Waals surface area contributed by atoms with Gasteiger partial charge in [0.15, 0.2) is 5.78 Å². The first-order valence-electron chi connectivity index (χ1n) is 3.57. The average Bonchev–Trinajstić information content (AvgIpc) is 1.88. The summed E-state index contributed by atoms with van der Waals surface area (Å²) in [6.45, 7) is 2.03.